The summed E-state index contributed by atoms with van der Waals surface area (Å²) in [6, 6.07) is 10.1. The molecule has 0 spiro atoms. The lowest BCUT2D eigenvalue weighted by Gasteiger charge is -2.39. The maximum absolute atomic E-state index is 5.22. The summed E-state index contributed by atoms with van der Waals surface area (Å²) in [7, 11) is 1.72. The van der Waals surface area contributed by atoms with Gasteiger partial charge >= 0.3 is 0 Å². The monoisotopic (exact) mass is 291 g/mol. The first-order valence-electron chi connectivity index (χ1n) is 7.73. The van der Waals surface area contributed by atoms with E-state index >= 15 is 0 Å². The molecule has 2 aliphatic rings. The van der Waals surface area contributed by atoms with Gasteiger partial charge in [-0.1, -0.05) is 18.6 Å². The molecule has 3 rings (SSSR count). The number of ether oxygens (including phenoxy) is 1. The van der Waals surface area contributed by atoms with Gasteiger partial charge < -0.3 is 10.1 Å². The highest BCUT2D eigenvalue weighted by Crippen LogP contribution is 2.39. The van der Waals surface area contributed by atoms with E-state index < -0.39 is 0 Å². The van der Waals surface area contributed by atoms with E-state index in [4.69, 9.17) is 4.74 Å². The van der Waals surface area contributed by atoms with Crippen LogP contribution >= 0.6 is 11.8 Å². The number of benzene rings is 1. The molecule has 2 fully saturated rings. The molecule has 1 N–H and O–H groups in total. The lowest BCUT2D eigenvalue weighted by Crippen LogP contribution is -2.47. The summed E-state index contributed by atoms with van der Waals surface area (Å²) in [5.41, 5.74) is 1.47. The van der Waals surface area contributed by atoms with E-state index in [-0.39, 0.29) is 0 Å². The highest BCUT2D eigenvalue weighted by atomic mass is 32.2. The summed E-state index contributed by atoms with van der Waals surface area (Å²) >= 11 is 2.04. The summed E-state index contributed by atoms with van der Waals surface area (Å²) in [5, 5.41) is 4.74. The second kappa shape index (κ2) is 6.40. The van der Waals surface area contributed by atoms with Crippen molar-refractivity contribution in [1.82, 2.24) is 5.32 Å². The van der Waals surface area contributed by atoms with Gasteiger partial charge in [-0.2, -0.15) is 11.8 Å². The van der Waals surface area contributed by atoms with Crippen LogP contribution in [0.15, 0.2) is 24.3 Å². The van der Waals surface area contributed by atoms with Gasteiger partial charge in [-0.15, -0.1) is 0 Å². The average Bonchev–Trinajstić information content (AvgIpc) is 2.90. The number of nitrogens with one attached hydrogen (secondary N) is 1. The predicted octanol–water partition coefficient (Wildman–Crippen LogP) is 3.81. The third-order valence-electron chi connectivity index (χ3n) is 4.93. The number of thioether (sulfide) groups is 1. The molecule has 2 atom stereocenters. The first-order valence-corrected chi connectivity index (χ1v) is 9.01. The smallest absolute Gasteiger partial charge is 0.118 e. The summed E-state index contributed by atoms with van der Waals surface area (Å²) in [4.78, 5) is 0. The van der Waals surface area contributed by atoms with Crippen LogP contribution in [0.1, 0.15) is 43.6 Å². The van der Waals surface area contributed by atoms with Gasteiger partial charge in [-0.3, -0.25) is 0 Å². The maximum Gasteiger partial charge on any atom is 0.118 e. The number of hydrogen-bond donors (Lipinski definition) is 1. The summed E-state index contributed by atoms with van der Waals surface area (Å²) in [6.07, 6.45) is 9.01. The molecule has 20 heavy (non-hydrogen) atoms. The molecule has 0 aromatic heterocycles. The Morgan fingerprint density at radius 3 is 2.55 bits per heavy atom. The van der Waals surface area contributed by atoms with E-state index in [2.05, 4.69) is 35.8 Å². The van der Waals surface area contributed by atoms with Crippen molar-refractivity contribution < 1.29 is 4.74 Å². The SMILES string of the molecule is COc1ccc(C2CC(NC3CCCC3SC)C2)cc1. The van der Waals surface area contributed by atoms with Crippen molar-refractivity contribution in [3.05, 3.63) is 29.8 Å². The van der Waals surface area contributed by atoms with Gasteiger partial charge in [0.05, 0.1) is 7.11 Å². The third kappa shape index (κ3) is 2.99. The molecule has 0 bridgehead atoms. The van der Waals surface area contributed by atoms with Gasteiger partial charge in [-0.05, 0) is 55.6 Å². The zero-order valence-electron chi connectivity index (χ0n) is 12.5. The molecule has 0 aliphatic heterocycles. The van der Waals surface area contributed by atoms with Crippen molar-refractivity contribution in [3.63, 3.8) is 0 Å². The Hall–Kier alpha value is -0.670. The Kier molecular flexibility index (Phi) is 4.57. The Bertz CT molecular complexity index is 427. The highest BCUT2D eigenvalue weighted by molar-refractivity contribution is 7.99. The molecule has 0 saturated heterocycles. The maximum atomic E-state index is 5.22. The molecule has 1 aromatic rings. The van der Waals surface area contributed by atoms with Crippen molar-refractivity contribution in [2.24, 2.45) is 0 Å². The number of methoxy groups -OCH3 is 1. The predicted molar refractivity (Wildman–Crippen MR) is 86.8 cm³/mol. The topological polar surface area (TPSA) is 21.3 Å². The largest absolute Gasteiger partial charge is 0.497 e. The second-order valence-corrected chi connectivity index (χ2v) is 7.19. The van der Waals surface area contributed by atoms with Crippen molar-refractivity contribution in [2.45, 2.75) is 55.4 Å². The lowest BCUT2D eigenvalue weighted by atomic mass is 9.75. The molecule has 2 nitrogen and oxygen atoms in total. The molecule has 0 heterocycles. The van der Waals surface area contributed by atoms with Crippen LogP contribution in [0.2, 0.25) is 0 Å². The zero-order chi connectivity index (χ0) is 13.9. The fraction of sp³-hybridized carbons (Fsp3) is 0.647. The fourth-order valence-corrected chi connectivity index (χ4v) is 4.55. The van der Waals surface area contributed by atoms with Crippen LogP contribution in [0.3, 0.4) is 0 Å². The Morgan fingerprint density at radius 2 is 1.90 bits per heavy atom. The first kappa shape index (κ1) is 14.3. The second-order valence-electron chi connectivity index (χ2n) is 6.12. The molecular weight excluding hydrogens is 266 g/mol. The average molecular weight is 291 g/mol. The lowest BCUT2D eigenvalue weighted by molar-refractivity contribution is 0.266. The van der Waals surface area contributed by atoms with E-state index in [0.29, 0.717) is 0 Å². The summed E-state index contributed by atoms with van der Waals surface area (Å²) in [6.45, 7) is 0. The molecule has 1 aromatic carbocycles. The van der Waals surface area contributed by atoms with Gasteiger partial charge in [-0.25, -0.2) is 0 Å². The molecule has 2 unspecified atom stereocenters. The van der Waals surface area contributed by atoms with Crippen molar-refractivity contribution in [3.8, 4) is 5.75 Å². The van der Waals surface area contributed by atoms with E-state index in [1.54, 1.807) is 7.11 Å². The molecular formula is C17H25NOS. The minimum Gasteiger partial charge on any atom is -0.497 e. The van der Waals surface area contributed by atoms with Gasteiger partial charge in [0.15, 0.2) is 0 Å². The van der Waals surface area contributed by atoms with Crippen LogP contribution in [-0.4, -0.2) is 30.7 Å². The van der Waals surface area contributed by atoms with E-state index in [1.807, 2.05) is 11.8 Å². The summed E-state index contributed by atoms with van der Waals surface area (Å²) in [5.74, 6) is 1.70. The highest BCUT2D eigenvalue weighted by Gasteiger charge is 2.35. The van der Waals surface area contributed by atoms with Crippen LogP contribution in [0.5, 0.6) is 5.75 Å². The van der Waals surface area contributed by atoms with Crippen LogP contribution in [0, 0.1) is 0 Å². The molecule has 110 valence electrons. The van der Waals surface area contributed by atoms with Crippen LogP contribution in [-0.2, 0) is 0 Å². The van der Waals surface area contributed by atoms with Crippen molar-refractivity contribution in [2.75, 3.05) is 13.4 Å². The van der Waals surface area contributed by atoms with E-state index in [1.165, 1.54) is 37.7 Å². The molecule has 2 saturated carbocycles. The number of rotatable bonds is 5. The Morgan fingerprint density at radius 1 is 1.15 bits per heavy atom. The van der Waals surface area contributed by atoms with Gasteiger partial charge in [0.25, 0.3) is 0 Å². The van der Waals surface area contributed by atoms with Gasteiger partial charge in [0.2, 0.25) is 0 Å². The quantitative estimate of drug-likeness (QED) is 0.891. The first-order chi connectivity index (χ1) is 9.80. The van der Waals surface area contributed by atoms with E-state index in [9.17, 15) is 0 Å². The normalized spacial score (nSPS) is 32.9. The van der Waals surface area contributed by atoms with Crippen LogP contribution < -0.4 is 10.1 Å². The van der Waals surface area contributed by atoms with Crippen molar-refractivity contribution >= 4 is 11.8 Å². The Labute approximate surface area is 126 Å². The zero-order valence-corrected chi connectivity index (χ0v) is 13.3. The van der Waals surface area contributed by atoms with Crippen LogP contribution in [0.4, 0.5) is 0 Å². The third-order valence-corrected chi connectivity index (χ3v) is 6.10. The fourth-order valence-electron chi connectivity index (χ4n) is 3.60. The minimum atomic E-state index is 0.736. The molecule has 0 amide bonds. The molecule has 3 heteroatoms. The molecule has 0 radical (unpaired) electrons. The van der Waals surface area contributed by atoms with Gasteiger partial charge in [0.1, 0.15) is 5.75 Å². The van der Waals surface area contributed by atoms with E-state index in [0.717, 1.165) is 29.0 Å². The van der Waals surface area contributed by atoms with Crippen molar-refractivity contribution in [1.29, 1.82) is 0 Å². The number of hydrogen-bond acceptors (Lipinski definition) is 3. The standard InChI is InChI=1S/C17H25NOS/c1-19-15-8-6-12(7-9-15)13-10-14(11-13)18-16-4-3-5-17(16)20-2/h6-9,13-14,16-18H,3-5,10-11H2,1-2H3. The van der Waals surface area contributed by atoms with Gasteiger partial charge in [0, 0.05) is 17.3 Å². The molecule has 2 aliphatic carbocycles. The minimum absolute atomic E-state index is 0.736. The Balaban J connectivity index is 1.48. The van der Waals surface area contributed by atoms with Crippen LogP contribution in [0.25, 0.3) is 0 Å². The summed E-state index contributed by atoms with van der Waals surface area (Å²) < 4.78 is 5.22.